The fourth-order valence-corrected chi connectivity index (χ4v) is 4.68. The molecule has 0 spiro atoms. The van der Waals surface area contributed by atoms with Crippen molar-refractivity contribution in [2.45, 2.75) is 44.9 Å². The number of fused-ring (bicyclic) bond motifs is 1. The van der Waals surface area contributed by atoms with E-state index in [1.807, 2.05) is 74.2 Å². The lowest BCUT2D eigenvalue weighted by atomic mass is 9.88. The van der Waals surface area contributed by atoms with Gasteiger partial charge in [-0.25, -0.2) is 0 Å². The summed E-state index contributed by atoms with van der Waals surface area (Å²) in [6.45, 7) is 8.72. The summed E-state index contributed by atoms with van der Waals surface area (Å²) in [5.74, 6) is 1.53. The summed E-state index contributed by atoms with van der Waals surface area (Å²) in [6.07, 6.45) is 2.69. The molecular weight excluding hydrogens is 422 g/mol. The molecule has 0 bridgehead atoms. The van der Waals surface area contributed by atoms with Gasteiger partial charge in [-0.1, -0.05) is 48.2 Å². The molecule has 2 heterocycles. The minimum Gasteiger partial charge on any atom is -0.494 e. The van der Waals surface area contributed by atoms with E-state index < -0.39 is 5.54 Å². The summed E-state index contributed by atoms with van der Waals surface area (Å²) in [5.41, 5.74) is 3.68. The zero-order valence-electron chi connectivity index (χ0n) is 18.8. The molecule has 1 aliphatic heterocycles. The number of hydrogen-bond acceptors (Lipinski definition) is 6. The monoisotopic (exact) mass is 449 g/mol. The lowest BCUT2D eigenvalue weighted by Gasteiger charge is -2.41. The lowest BCUT2D eigenvalue weighted by Crippen LogP contribution is -2.49. The minimum atomic E-state index is -0.449. The van der Waals surface area contributed by atoms with Gasteiger partial charge < -0.3 is 14.1 Å². The van der Waals surface area contributed by atoms with E-state index in [0.717, 1.165) is 28.1 Å². The number of anilines is 1. The van der Waals surface area contributed by atoms with Crippen LogP contribution >= 0.6 is 11.8 Å². The first kappa shape index (κ1) is 22.1. The number of benzene rings is 2. The molecule has 0 fully saturated rings. The zero-order chi connectivity index (χ0) is 22.7. The molecule has 0 saturated carbocycles. The van der Waals surface area contributed by atoms with E-state index in [1.54, 1.807) is 0 Å². The van der Waals surface area contributed by atoms with E-state index in [0.29, 0.717) is 24.1 Å². The van der Waals surface area contributed by atoms with Gasteiger partial charge in [0.15, 0.2) is 0 Å². The molecule has 0 radical (unpaired) electrons. The maximum Gasteiger partial charge on any atom is 0.277 e. The predicted octanol–water partition coefficient (Wildman–Crippen LogP) is 5.38. The van der Waals surface area contributed by atoms with Gasteiger partial charge in [0.1, 0.15) is 5.75 Å². The van der Waals surface area contributed by atoms with Crippen LogP contribution in [0.4, 0.5) is 5.69 Å². The highest BCUT2D eigenvalue weighted by molar-refractivity contribution is 7.99. The topological polar surface area (TPSA) is 68.5 Å². The largest absolute Gasteiger partial charge is 0.494 e. The number of carbonyl (C=O) groups excluding carboxylic acids is 1. The molecule has 3 aromatic rings. The minimum absolute atomic E-state index is 0.0167. The third kappa shape index (κ3) is 4.72. The van der Waals surface area contributed by atoms with Crippen LogP contribution in [0.15, 0.2) is 64.2 Å². The smallest absolute Gasteiger partial charge is 0.277 e. The van der Waals surface area contributed by atoms with Gasteiger partial charge in [-0.2, -0.15) is 0 Å². The van der Waals surface area contributed by atoms with Gasteiger partial charge in [0, 0.05) is 5.56 Å². The molecule has 1 amide bonds. The molecule has 1 aromatic heterocycles. The number of ether oxygens (including phenoxy) is 1. The van der Waals surface area contributed by atoms with Crippen molar-refractivity contribution in [3.8, 4) is 5.75 Å². The Bertz CT molecular complexity index is 1140. The maximum absolute atomic E-state index is 13.3. The second-order valence-corrected chi connectivity index (χ2v) is 9.16. The quantitative estimate of drug-likeness (QED) is 0.451. The summed E-state index contributed by atoms with van der Waals surface area (Å²) < 4.78 is 11.4. The average Bonchev–Trinajstić information content (AvgIpc) is 3.20. The number of allylic oxidation sites excluding steroid dienone is 1. The average molecular weight is 450 g/mol. The number of amides is 1. The van der Waals surface area contributed by atoms with Crippen LogP contribution in [0.1, 0.15) is 44.7 Å². The Hall–Kier alpha value is -3.06. The predicted molar refractivity (Wildman–Crippen MR) is 127 cm³/mol. The third-order valence-electron chi connectivity index (χ3n) is 5.31. The van der Waals surface area contributed by atoms with Crippen molar-refractivity contribution in [3.05, 3.63) is 71.6 Å². The summed E-state index contributed by atoms with van der Waals surface area (Å²) in [5, 5.41) is 8.62. The summed E-state index contributed by atoms with van der Waals surface area (Å²) in [4.78, 5) is 15.2. The van der Waals surface area contributed by atoms with Crippen molar-refractivity contribution in [1.82, 2.24) is 10.2 Å². The van der Waals surface area contributed by atoms with Gasteiger partial charge in [0.25, 0.3) is 5.22 Å². The molecular formula is C25H27N3O3S. The number of hydrogen-bond donors (Lipinski definition) is 0. The fraction of sp³-hybridized carbons (Fsp3) is 0.320. The molecule has 166 valence electrons. The van der Waals surface area contributed by atoms with Crippen molar-refractivity contribution in [3.63, 3.8) is 0 Å². The zero-order valence-corrected chi connectivity index (χ0v) is 19.6. The summed E-state index contributed by atoms with van der Waals surface area (Å²) >= 11 is 1.26. The fourth-order valence-electron chi connectivity index (χ4n) is 4.05. The highest BCUT2D eigenvalue weighted by Gasteiger charge is 2.36. The van der Waals surface area contributed by atoms with Crippen LogP contribution in [0.3, 0.4) is 0 Å². The van der Waals surface area contributed by atoms with Crippen LogP contribution < -0.4 is 9.64 Å². The van der Waals surface area contributed by atoms with Gasteiger partial charge in [-0.3, -0.25) is 4.79 Å². The van der Waals surface area contributed by atoms with E-state index in [1.165, 1.54) is 11.8 Å². The number of rotatable bonds is 7. The maximum atomic E-state index is 13.3. The summed E-state index contributed by atoms with van der Waals surface area (Å²) in [7, 11) is 0. The van der Waals surface area contributed by atoms with E-state index in [4.69, 9.17) is 9.15 Å². The Labute approximate surface area is 192 Å². The molecule has 4 rings (SSSR count). The van der Waals surface area contributed by atoms with Gasteiger partial charge >= 0.3 is 0 Å². The Morgan fingerprint density at radius 3 is 2.69 bits per heavy atom. The lowest BCUT2D eigenvalue weighted by molar-refractivity contribution is -0.116. The van der Waals surface area contributed by atoms with Crippen LogP contribution in [0.25, 0.3) is 5.57 Å². The van der Waals surface area contributed by atoms with Crippen molar-refractivity contribution in [1.29, 1.82) is 0 Å². The highest BCUT2D eigenvalue weighted by atomic mass is 32.2. The number of thioether (sulfide) groups is 1. The molecule has 0 unspecified atom stereocenters. The molecule has 6 nitrogen and oxygen atoms in total. The highest BCUT2D eigenvalue weighted by Crippen LogP contribution is 2.41. The normalized spacial score (nSPS) is 14.6. The van der Waals surface area contributed by atoms with E-state index >= 15 is 0 Å². The van der Waals surface area contributed by atoms with Gasteiger partial charge in [0.2, 0.25) is 11.8 Å². The molecule has 0 N–H and O–H groups in total. The molecule has 0 saturated heterocycles. The molecule has 2 aromatic carbocycles. The van der Waals surface area contributed by atoms with Crippen LogP contribution in [0.2, 0.25) is 0 Å². The number of aromatic nitrogens is 2. The van der Waals surface area contributed by atoms with Crippen LogP contribution in [-0.2, 0) is 11.2 Å². The van der Waals surface area contributed by atoms with Gasteiger partial charge in [-0.05, 0) is 57.0 Å². The molecule has 32 heavy (non-hydrogen) atoms. The Kier molecular flexibility index (Phi) is 6.37. The van der Waals surface area contributed by atoms with Crippen LogP contribution in [0.5, 0.6) is 5.75 Å². The van der Waals surface area contributed by atoms with E-state index in [-0.39, 0.29) is 11.7 Å². The molecule has 0 aliphatic carbocycles. The molecule has 0 atom stereocenters. The third-order valence-corrected chi connectivity index (χ3v) is 6.11. The number of carbonyl (C=O) groups is 1. The van der Waals surface area contributed by atoms with Crippen LogP contribution in [-0.4, -0.2) is 34.0 Å². The van der Waals surface area contributed by atoms with Crippen molar-refractivity contribution >= 4 is 28.9 Å². The van der Waals surface area contributed by atoms with Crippen molar-refractivity contribution in [2.24, 2.45) is 0 Å². The van der Waals surface area contributed by atoms with Gasteiger partial charge in [0.05, 0.1) is 30.0 Å². The van der Waals surface area contributed by atoms with E-state index in [9.17, 15) is 4.79 Å². The second-order valence-electron chi connectivity index (χ2n) is 8.23. The number of nitrogens with zero attached hydrogens (tertiary/aromatic N) is 3. The van der Waals surface area contributed by atoms with Crippen molar-refractivity contribution < 1.29 is 13.9 Å². The molecule has 1 aliphatic rings. The summed E-state index contributed by atoms with van der Waals surface area (Å²) in [6, 6.07) is 15.8. The van der Waals surface area contributed by atoms with E-state index in [2.05, 4.69) is 23.2 Å². The SMILES string of the molecule is CCOc1ccc2c(c1)C(C)=CC(C)(C)N2C(=O)CSc1nnc(Cc2ccccc2)o1. The Morgan fingerprint density at radius 1 is 1.16 bits per heavy atom. The Morgan fingerprint density at radius 2 is 1.94 bits per heavy atom. The second kappa shape index (κ2) is 9.20. The molecule has 7 heteroatoms. The van der Waals surface area contributed by atoms with Crippen molar-refractivity contribution in [2.75, 3.05) is 17.3 Å². The first-order chi connectivity index (χ1) is 15.4. The first-order valence-electron chi connectivity index (χ1n) is 10.7. The first-order valence-corrected chi connectivity index (χ1v) is 11.6. The standard InChI is InChI=1S/C25H27N3O3S/c1-5-30-19-11-12-21-20(14-19)17(2)15-25(3,4)28(21)23(29)16-32-24-27-26-22(31-24)13-18-9-7-6-8-10-18/h6-12,14-15H,5,13,16H2,1-4H3. The van der Waals surface area contributed by atoms with Crippen LogP contribution in [0, 0.1) is 0 Å². The van der Waals surface area contributed by atoms with Gasteiger partial charge in [-0.15, -0.1) is 10.2 Å². The Balaban J connectivity index is 1.48.